The van der Waals surface area contributed by atoms with E-state index in [0.717, 1.165) is 56.9 Å². The first-order chi connectivity index (χ1) is 16.8. The average molecular weight is 505 g/mol. The second kappa shape index (κ2) is 16.1. The minimum atomic E-state index is -0.596. The summed E-state index contributed by atoms with van der Waals surface area (Å²) >= 11 is 0. The molecule has 1 saturated carbocycles. The Morgan fingerprint density at radius 3 is 2.33 bits per heavy atom. The molecule has 0 amide bonds. The van der Waals surface area contributed by atoms with Gasteiger partial charge >= 0.3 is 0 Å². The summed E-state index contributed by atoms with van der Waals surface area (Å²) in [7, 11) is 0. The van der Waals surface area contributed by atoms with Crippen molar-refractivity contribution in [1.29, 1.82) is 0 Å². The van der Waals surface area contributed by atoms with Crippen molar-refractivity contribution in [3.8, 4) is 0 Å². The second-order valence-electron chi connectivity index (χ2n) is 13.1. The molecule has 0 radical (unpaired) electrons. The predicted molar refractivity (Wildman–Crippen MR) is 156 cm³/mol. The zero-order valence-electron chi connectivity index (χ0n) is 24.9. The largest absolute Gasteiger partial charge is 0.393 e. The molecule has 36 heavy (non-hydrogen) atoms. The first-order valence-corrected chi connectivity index (χ1v) is 14.9. The van der Waals surface area contributed by atoms with Crippen LogP contribution < -0.4 is 0 Å². The van der Waals surface area contributed by atoms with Crippen molar-refractivity contribution in [2.24, 2.45) is 17.3 Å². The van der Waals surface area contributed by atoms with Crippen LogP contribution in [0.25, 0.3) is 0 Å². The molecule has 1 rings (SSSR count). The lowest BCUT2D eigenvalue weighted by Gasteiger charge is -2.41. The molecule has 0 saturated heterocycles. The van der Waals surface area contributed by atoms with Gasteiger partial charge in [0.05, 0.1) is 17.8 Å². The summed E-state index contributed by atoms with van der Waals surface area (Å²) in [4.78, 5) is 0. The van der Waals surface area contributed by atoms with E-state index in [1.54, 1.807) is 0 Å². The maximum Gasteiger partial charge on any atom is 0.0787 e. The quantitative estimate of drug-likeness (QED) is 0.186. The van der Waals surface area contributed by atoms with Crippen LogP contribution in [-0.2, 0) is 0 Å². The second-order valence-corrected chi connectivity index (χ2v) is 13.1. The monoisotopic (exact) mass is 504 g/mol. The van der Waals surface area contributed by atoms with E-state index in [0.29, 0.717) is 11.8 Å². The third-order valence-corrected chi connectivity index (χ3v) is 8.43. The van der Waals surface area contributed by atoms with E-state index in [9.17, 15) is 15.3 Å². The van der Waals surface area contributed by atoms with E-state index in [4.69, 9.17) is 0 Å². The van der Waals surface area contributed by atoms with Crippen molar-refractivity contribution in [2.45, 2.75) is 156 Å². The third-order valence-electron chi connectivity index (χ3n) is 8.43. The molecule has 4 atom stereocenters. The highest BCUT2D eigenvalue weighted by atomic mass is 16.3. The van der Waals surface area contributed by atoms with Gasteiger partial charge in [0.25, 0.3) is 0 Å². The van der Waals surface area contributed by atoms with Gasteiger partial charge in [-0.3, -0.25) is 0 Å². The summed E-state index contributed by atoms with van der Waals surface area (Å²) in [6.07, 6.45) is 18.9. The summed E-state index contributed by atoms with van der Waals surface area (Å²) in [5.41, 5.74) is 3.18. The molecule has 3 unspecified atom stereocenters. The van der Waals surface area contributed by atoms with Crippen molar-refractivity contribution >= 4 is 0 Å². The Labute approximate surface area is 224 Å². The first-order valence-electron chi connectivity index (χ1n) is 14.9. The van der Waals surface area contributed by atoms with Crippen LogP contribution in [-0.4, -0.2) is 33.1 Å². The molecule has 1 aliphatic rings. The number of allylic oxidation sites excluding steroid dienone is 3. The molecule has 1 aliphatic carbocycles. The molecule has 3 nitrogen and oxygen atoms in total. The summed E-state index contributed by atoms with van der Waals surface area (Å²) in [6.45, 7) is 19.3. The molecular formula is C33H60O3. The van der Waals surface area contributed by atoms with Crippen LogP contribution in [0, 0.1) is 17.3 Å². The molecule has 3 N–H and O–H groups in total. The van der Waals surface area contributed by atoms with Gasteiger partial charge in [-0.25, -0.2) is 0 Å². The van der Waals surface area contributed by atoms with Gasteiger partial charge in [0.2, 0.25) is 0 Å². The van der Waals surface area contributed by atoms with Gasteiger partial charge < -0.3 is 15.3 Å². The fourth-order valence-electron chi connectivity index (χ4n) is 6.15. The first kappa shape index (κ1) is 33.1. The predicted octanol–water partition coefficient (Wildman–Crippen LogP) is 8.68. The Balaban J connectivity index is 2.80. The summed E-state index contributed by atoms with van der Waals surface area (Å²) in [5.74, 6) is 1.31. The SMILES string of the molecule is C=C1/C(=C\C=C(\C)CCCC(C)(C)C(CCC)[C@@H](CCCC(C)O)CCCC(C)(C)O)CCCC1O. The van der Waals surface area contributed by atoms with E-state index in [-0.39, 0.29) is 17.6 Å². The van der Waals surface area contributed by atoms with Crippen molar-refractivity contribution in [3.63, 3.8) is 0 Å². The Bertz CT molecular complexity index is 692. The Morgan fingerprint density at radius 1 is 1.06 bits per heavy atom. The average Bonchev–Trinajstić information content (AvgIpc) is 2.76. The van der Waals surface area contributed by atoms with Crippen LogP contribution in [0.15, 0.2) is 35.5 Å². The van der Waals surface area contributed by atoms with Crippen LogP contribution >= 0.6 is 0 Å². The lowest BCUT2D eigenvalue weighted by molar-refractivity contribution is 0.0573. The highest BCUT2D eigenvalue weighted by molar-refractivity contribution is 5.36. The number of aliphatic hydroxyl groups excluding tert-OH is 2. The number of hydrogen-bond acceptors (Lipinski definition) is 3. The van der Waals surface area contributed by atoms with Crippen LogP contribution in [0.2, 0.25) is 0 Å². The summed E-state index contributed by atoms with van der Waals surface area (Å²) < 4.78 is 0. The molecule has 3 heteroatoms. The summed E-state index contributed by atoms with van der Waals surface area (Å²) in [6, 6.07) is 0. The van der Waals surface area contributed by atoms with Gasteiger partial charge in [-0.05, 0) is 114 Å². The number of hydrogen-bond donors (Lipinski definition) is 3. The van der Waals surface area contributed by atoms with Gasteiger partial charge in [-0.1, -0.05) is 77.2 Å². The van der Waals surface area contributed by atoms with Gasteiger partial charge in [0.1, 0.15) is 0 Å². The lowest BCUT2D eigenvalue weighted by atomic mass is 9.65. The van der Waals surface area contributed by atoms with Gasteiger partial charge in [0.15, 0.2) is 0 Å². The molecule has 0 aromatic carbocycles. The Kier molecular flexibility index (Phi) is 14.9. The van der Waals surface area contributed by atoms with Crippen molar-refractivity contribution in [2.75, 3.05) is 0 Å². The lowest BCUT2D eigenvalue weighted by Crippen LogP contribution is -2.31. The maximum absolute atomic E-state index is 10.2. The topological polar surface area (TPSA) is 60.7 Å². The molecule has 0 heterocycles. The van der Waals surface area contributed by atoms with E-state index in [1.165, 1.54) is 49.7 Å². The van der Waals surface area contributed by atoms with E-state index in [2.05, 4.69) is 46.4 Å². The Hall–Kier alpha value is -0.900. The van der Waals surface area contributed by atoms with Gasteiger partial charge in [0, 0.05) is 0 Å². The van der Waals surface area contributed by atoms with Gasteiger partial charge in [-0.2, -0.15) is 0 Å². The zero-order valence-corrected chi connectivity index (χ0v) is 24.9. The van der Waals surface area contributed by atoms with Crippen molar-refractivity contribution < 1.29 is 15.3 Å². The molecule has 0 bridgehead atoms. The number of aliphatic hydroxyl groups is 3. The third kappa shape index (κ3) is 13.1. The molecule has 0 aliphatic heterocycles. The van der Waals surface area contributed by atoms with E-state index >= 15 is 0 Å². The smallest absolute Gasteiger partial charge is 0.0787 e. The highest BCUT2D eigenvalue weighted by Gasteiger charge is 2.34. The molecule has 0 aromatic heterocycles. The molecule has 1 fully saturated rings. The molecule has 0 spiro atoms. The molecule has 0 aromatic rings. The van der Waals surface area contributed by atoms with Crippen LogP contribution in [0.5, 0.6) is 0 Å². The van der Waals surface area contributed by atoms with E-state index in [1.807, 2.05) is 20.8 Å². The normalized spacial score (nSPS) is 21.6. The highest BCUT2D eigenvalue weighted by Crippen LogP contribution is 2.44. The molecular weight excluding hydrogens is 444 g/mol. The fraction of sp³-hybridized carbons (Fsp3) is 0.818. The van der Waals surface area contributed by atoms with E-state index < -0.39 is 5.60 Å². The van der Waals surface area contributed by atoms with Crippen molar-refractivity contribution in [3.05, 3.63) is 35.5 Å². The standard InChI is InChI=1S/C33H60O3/c1-9-14-30(29(18-10-16-26(3)34)19-13-24-33(7,8)36)32(5,6)23-12-15-25(2)21-22-28-17-11-20-31(35)27(28)4/h21-22,26,29-31,34-36H,4,9-20,23-24H2,1-3,5-8H3/b25-21-,28-22-/t26?,29-,30?,31?/m0/s1. The minimum Gasteiger partial charge on any atom is -0.393 e. The van der Waals surface area contributed by atoms with Crippen LogP contribution in [0.4, 0.5) is 0 Å². The van der Waals surface area contributed by atoms with Crippen LogP contribution in [0.3, 0.4) is 0 Å². The Morgan fingerprint density at radius 2 is 1.72 bits per heavy atom. The fourth-order valence-corrected chi connectivity index (χ4v) is 6.15. The van der Waals surface area contributed by atoms with Gasteiger partial charge in [-0.15, -0.1) is 0 Å². The van der Waals surface area contributed by atoms with Crippen LogP contribution in [0.1, 0.15) is 138 Å². The zero-order chi connectivity index (χ0) is 27.4. The summed E-state index contributed by atoms with van der Waals surface area (Å²) in [5, 5.41) is 30.1. The minimum absolute atomic E-state index is 0.224. The number of rotatable bonds is 17. The molecule has 210 valence electrons. The van der Waals surface area contributed by atoms with Crippen molar-refractivity contribution in [1.82, 2.24) is 0 Å². The maximum atomic E-state index is 10.2.